The second kappa shape index (κ2) is 5.96. The van der Waals surface area contributed by atoms with Gasteiger partial charge in [-0.3, -0.25) is 0 Å². The quantitative estimate of drug-likeness (QED) is 0.705. The van der Waals surface area contributed by atoms with E-state index >= 15 is 0 Å². The number of urea groups is 1. The highest BCUT2D eigenvalue weighted by Gasteiger charge is 2.25. The second-order valence-electron chi connectivity index (χ2n) is 6.85. The number of aromatic nitrogens is 1. The molecule has 2 aromatic carbocycles. The minimum atomic E-state index is -0.0210. The van der Waals surface area contributed by atoms with Crippen LogP contribution in [0.2, 0.25) is 0 Å². The molecule has 4 rings (SSSR count). The van der Waals surface area contributed by atoms with Crippen molar-refractivity contribution in [3.05, 3.63) is 64.8 Å². The lowest BCUT2D eigenvalue weighted by molar-refractivity contribution is 0.206. The van der Waals surface area contributed by atoms with E-state index in [2.05, 4.69) is 54.2 Å². The number of hydrogen-bond donors (Lipinski definition) is 1. The Kier molecular flexibility index (Phi) is 3.75. The lowest BCUT2D eigenvalue weighted by Gasteiger charge is -2.28. The summed E-state index contributed by atoms with van der Waals surface area (Å²) in [5.41, 5.74) is 7.07. The summed E-state index contributed by atoms with van der Waals surface area (Å²) >= 11 is 0. The summed E-state index contributed by atoms with van der Waals surface area (Å²) in [6, 6.07) is 14.4. The molecule has 0 spiro atoms. The topological polar surface area (TPSA) is 37.3 Å². The van der Waals surface area contributed by atoms with Crippen molar-refractivity contribution in [1.82, 2.24) is 9.47 Å². The molecule has 128 valence electrons. The molecule has 0 aliphatic carbocycles. The minimum absolute atomic E-state index is 0.0210. The van der Waals surface area contributed by atoms with Crippen molar-refractivity contribution in [1.29, 1.82) is 0 Å². The van der Waals surface area contributed by atoms with Gasteiger partial charge in [-0.1, -0.05) is 30.3 Å². The molecular weight excluding hydrogens is 310 g/mol. The SMILES string of the molecule is Cc1cccc(NC(=O)N2CCc3c(c4ccccc4n3C)C2)c1C. The van der Waals surface area contributed by atoms with Crippen LogP contribution in [0.15, 0.2) is 42.5 Å². The molecule has 1 aliphatic rings. The van der Waals surface area contributed by atoms with Crippen LogP contribution in [0.5, 0.6) is 0 Å². The third kappa shape index (κ3) is 2.58. The monoisotopic (exact) mass is 333 g/mol. The van der Waals surface area contributed by atoms with Crippen molar-refractivity contribution in [3.8, 4) is 0 Å². The highest BCUT2D eigenvalue weighted by molar-refractivity contribution is 5.92. The number of aryl methyl sites for hydroxylation is 2. The fraction of sp³-hybridized carbons (Fsp3) is 0.286. The average molecular weight is 333 g/mol. The zero-order valence-corrected chi connectivity index (χ0v) is 15.0. The van der Waals surface area contributed by atoms with Crippen LogP contribution in [0, 0.1) is 13.8 Å². The standard InChI is InChI=1S/C21H23N3O/c1-14-7-6-9-18(15(14)2)22-21(25)24-12-11-20-17(13-24)16-8-4-5-10-19(16)23(20)3/h4-10H,11-13H2,1-3H3,(H,22,25). The van der Waals surface area contributed by atoms with E-state index in [9.17, 15) is 4.79 Å². The van der Waals surface area contributed by atoms with Gasteiger partial charge in [0.2, 0.25) is 0 Å². The van der Waals surface area contributed by atoms with E-state index in [0.717, 1.165) is 24.2 Å². The van der Waals surface area contributed by atoms with Gasteiger partial charge in [-0.05, 0) is 37.1 Å². The number of amides is 2. The van der Waals surface area contributed by atoms with Crippen molar-refractivity contribution >= 4 is 22.6 Å². The molecule has 1 aliphatic heterocycles. The summed E-state index contributed by atoms with van der Waals surface area (Å²) in [6.45, 7) is 5.51. The molecule has 0 saturated heterocycles. The van der Waals surface area contributed by atoms with Crippen LogP contribution in [0.4, 0.5) is 10.5 Å². The van der Waals surface area contributed by atoms with Crippen LogP contribution in [0.3, 0.4) is 0 Å². The van der Waals surface area contributed by atoms with E-state index < -0.39 is 0 Å². The fourth-order valence-corrected chi connectivity index (χ4v) is 3.78. The third-order valence-corrected chi connectivity index (χ3v) is 5.44. The van der Waals surface area contributed by atoms with E-state index in [1.54, 1.807) is 0 Å². The van der Waals surface area contributed by atoms with Crippen molar-refractivity contribution in [2.24, 2.45) is 7.05 Å². The van der Waals surface area contributed by atoms with Crippen molar-refractivity contribution < 1.29 is 4.79 Å². The number of anilines is 1. The first-order valence-electron chi connectivity index (χ1n) is 8.73. The molecule has 0 fully saturated rings. The number of benzene rings is 2. The summed E-state index contributed by atoms with van der Waals surface area (Å²) in [5, 5.41) is 4.34. The molecule has 0 saturated carbocycles. The fourth-order valence-electron chi connectivity index (χ4n) is 3.78. The molecule has 25 heavy (non-hydrogen) atoms. The first kappa shape index (κ1) is 15.8. The number of carbonyl (C=O) groups excluding carboxylic acids is 1. The predicted molar refractivity (Wildman–Crippen MR) is 102 cm³/mol. The van der Waals surface area contributed by atoms with E-state index in [-0.39, 0.29) is 6.03 Å². The Morgan fingerprint density at radius 2 is 1.88 bits per heavy atom. The number of fused-ring (bicyclic) bond motifs is 3. The highest BCUT2D eigenvalue weighted by atomic mass is 16.2. The molecule has 3 aromatic rings. The maximum absolute atomic E-state index is 12.8. The number of nitrogens with zero attached hydrogens (tertiary/aromatic N) is 2. The number of para-hydroxylation sites is 1. The van der Waals surface area contributed by atoms with Crippen molar-refractivity contribution in [2.75, 3.05) is 11.9 Å². The first-order valence-corrected chi connectivity index (χ1v) is 8.73. The maximum atomic E-state index is 12.8. The molecule has 1 N–H and O–H groups in total. The first-order chi connectivity index (χ1) is 12.1. The second-order valence-corrected chi connectivity index (χ2v) is 6.85. The lowest BCUT2D eigenvalue weighted by Crippen LogP contribution is -2.39. The largest absolute Gasteiger partial charge is 0.347 e. The summed E-state index contributed by atoms with van der Waals surface area (Å²) in [6.07, 6.45) is 0.890. The number of rotatable bonds is 1. The van der Waals surface area contributed by atoms with Crippen molar-refractivity contribution in [3.63, 3.8) is 0 Å². The van der Waals surface area contributed by atoms with Gasteiger partial charge < -0.3 is 14.8 Å². The average Bonchev–Trinajstić information content (AvgIpc) is 2.91. The van der Waals surface area contributed by atoms with Crippen LogP contribution in [-0.4, -0.2) is 22.0 Å². The molecule has 2 heterocycles. The third-order valence-electron chi connectivity index (χ3n) is 5.44. The van der Waals surface area contributed by atoms with Gasteiger partial charge in [0.1, 0.15) is 0 Å². The zero-order chi connectivity index (χ0) is 17.6. The van der Waals surface area contributed by atoms with E-state index in [0.29, 0.717) is 6.54 Å². The summed E-state index contributed by atoms with van der Waals surface area (Å²) in [7, 11) is 2.12. The van der Waals surface area contributed by atoms with Gasteiger partial charge in [0, 0.05) is 54.4 Å². The Morgan fingerprint density at radius 1 is 1.08 bits per heavy atom. The predicted octanol–water partition coefficient (Wildman–Crippen LogP) is 4.39. The van der Waals surface area contributed by atoms with E-state index in [1.807, 2.05) is 24.0 Å². The van der Waals surface area contributed by atoms with Crippen LogP contribution >= 0.6 is 0 Å². The zero-order valence-electron chi connectivity index (χ0n) is 15.0. The molecule has 0 unspecified atom stereocenters. The van der Waals surface area contributed by atoms with Gasteiger partial charge in [-0.2, -0.15) is 0 Å². The van der Waals surface area contributed by atoms with Gasteiger partial charge in [-0.25, -0.2) is 4.79 Å². The van der Waals surface area contributed by atoms with E-state index in [4.69, 9.17) is 0 Å². The summed E-state index contributed by atoms with van der Waals surface area (Å²) in [5.74, 6) is 0. The lowest BCUT2D eigenvalue weighted by atomic mass is 10.0. The molecule has 0 atom stereocenters. The van der Waals surface area contributed by atoms with Gasteiger partial charge in [-0.15, -0.1) is 0 Å². The smallest absolute Gasteiger partial charge is 0.322 e. The minimum Gasteiger partial charge on any atom is -0.347 e. The van der Waals surface area contributed by atoms with Crippen LogP contribution in [0.25, 0.3) is 10.9 Å². The van der Waals surface area contributed by atoms with Crippen LogP contribution in [0.1, 0.15) is 22.4 Å². The van der Waals surface area contributed by atoms with Gasteiger partial charge in [0.25, 0.3) is 0 Å². The molecule has 0 radical (unpaired) electrons. The van der Waals surface area contributed by atoms with E-state index in [1.165, 1.54) is 27.7 Å². The number of hydrogen-bond acceptors (Lipinski definition) is 1. The highest BCUT2D eigenvalue weighted by Crippen LogP contribution is 2.30. The Labute approximate surface area is 148 Å². The van der Waals surface area contributed by atoms with Gasteiger partial charge in [0.15, 0.2) is 0 Å². The Hall–Kier alpha value is -2.75. The number of nitrogens with one attached hydrogen (secondary N) is 1. The Morgan fingerprint density at radius 3 is 2.72 bits per heavy atom. The Bertz CT molecular complexity index is 971. The number of carbonyl (C=O) groups is 1. The maximum Gasteiger partial charge on any atom is 0.322 e. The van der Waals surface area contributed by atoms with Gasteiger partial charge >= 0.3 is 6.03 Å². The summed E-state index contributed by atoms with van der Waals surface area (Å²) < 4.78 is 2.27. The van der Waals surface area contributed by atoms with Crippen LogP contribution < -0.4 is 5.32 Å². The molecule has 0 bridgehead atoms. The normalized spacial score (nSPS) is 13.8. The molecule has 1 aromatic heterocycles. The molecule has 4 nitrogen and oxygen atoms in total. The Balaban J connectivity index is 1.61. The summed E-state index contributed by atoms with van der Waals surface area (Å²) in [4.78, 5) is 14.7. The molecular formula is C21H23N3O. The molecule has 2 amide bonds. The van der Waals surface area contributed by atoms with Crippen molar-refractivity contribution in [2.45, 2.75) is 26.8 Å². The van der Waals surface area contributed by atoms with Crippen LogP contribution in [-0.2, 0) is 20.0 Å². The molecule has 4 heteroatoms. The van der Waals surface area contributed by atoms with Gasteiger partial charge in [0.05, 0.1) is 0 Å².